The number of aryl methyl sites for hydroxylation is 2. The van der Waals surface area contributed by atoms with Gasteiger partial charge in [0.1, 0.15) is 18.1 Å². The zero-order valence-electron chi connectivity index (χ0n) is 18.1. The number of carbonyl (C=O) groups is 1. The van der Waals surface area contributed by atoms with Gasteiger partial charge in [-0.05, 0) is 66.9 Å². The van der Waals surface area contributed by atoms with Gasteiger partial charge in [-0.1, -0.05) is 30.3 Å². The van der Waals surface area contributed by atoms with E-state index < -0.39 is 0 Å². The van der Waals surface area contributed by atoms with Crippen LogP contribution in [0.3, 0.4) is 0 Å². The molecule has 0 aliphatic heterocycles. The molecule has 0 saturated carbocycles. The van der Waals surface area contributed by atoms with Crippen LogP contribution in [0, 0.1) is 13.8 Å². The number of carbonyl (C=O) groups excluding carboxylic acids is 1. The minimum Gasteiger partial charge on any atom is -0.504 e. The molecule has 0 spiro atoms. The number of phenolic OH excluding ortho intramolecular Hbond substituents is 1. The number of aromatic hydroxyl groups is 1. The Hall–Kier alpha value is -3.73. The van der Waals surface area contributed by atoms with Gasteiger partial charge < -0.3 is 19.3 Å². The topological polar surface area (TPSA) is 65.0 Å². The van der Waals surface area contributed by atoms with Crippen molar-refractivity contribution in [3.63, 3.8) is 0 Å². The van der Waals surface area contributed by atoms with E-state index in [2.05, 4.69) is 0 Å². The SMILES string of the molecule is COc1cc(C(=O)/C=C/c2ccc(OC)c(COc3c(C)cccc3C)c2)ccc1O. The van der Waals surface area contributed by atoms with Crippen LogP contribution in [0.4, 0.5) is 0 Å². The van der Waals surface area contributed by atoms with Crippen LogP contribution in [0.1, 0.15) is 32.6 Å². The smallest absolute Gasteiger partial charge is 0.185 e. The summed E-state index contributed by atoms with van der Waals surface area (Å²) >= 11 is 0. The van der Waals surface area contributed by atoms with Gasteiger partial charge in [0.05, 0.1) is 14.2 Å². The second-order valence-electron chi connectivity index (χ2n) is 7.17. The van der Waals surface area contributed by atoms with Crippen LogP contribution in [-0.2, 0) is 6.61 Å². The molecule has 0 atom stereocenters. The van der Waals surface area contributed by atoms with Crippen LogP contribution in [0.5, 0.6) is 23.0 Å². The molecule has 5 heteroatoms. The lowest BCUT2D eigenvalue weighted by Crippen LogP contribution is -2.01. The fraction of sp³-hybridized carbons (Fsp3) is 0.192. The third-order valence-electron chi connectivity index (χ3n) is 4.98. The molecular formula is C26H26O5. The van der Waals surface area contributed by atoms with Crippen molar-refractivity contribution in [2.45, 2.75) is 20.5 Å². The lowest BCUT2D eigenvalue weighted by molar-refractivity contribution is 0.104. The molecule has 0 fully saturated rings. The first-order valence-electron chi connectivity index (χ1n) is 9.88. The number of methoxy groups -OCH3 is 2. The summed E-state index contributed by atoms with van der Waals surface area (Å²) in [5, 5.41) is 9.69. The van der Waals surface area contributed by atoms with E-state index in [-0.39, 0.29) is 17.3 Å². The molecule has 0 saturated heterocycles. The first-order valence-corrected chi connectivity index (χ1v) is 9.88. The fourth-order valence-corrected chi connectivity index (χ4v) is 3.29. The van der Waals surface area contributed by atoms with E-state index in [9.17, 15) is 9.90 Å². The summed E-state index contributed by atoms with van der Waals surface area (Å²) in [5.74, 6) is 1.64. The third kappa shape index (κ3) is 5.25. The number of hydrogen-bond donors (Lipinski definition) is 1. The predicted octanol–water partition coefficient (Wildman–Crippen LogP) is 5.50. The van der Waals surface area contributed by atoms with E-state index >= 15 is 0 Å². The maximum Gasteiger partial charge on any atom is 0.185 e. The maximum absolute atomic E-state index is 12.5. The highest BCUT2D eigenvalue weighted by Crippen LogP contribution is 2.28. The molecule has 0 aliphatic rings. The average Bonchev–Trinajstić information content (AvgIpc) is 2.77. The number of para-hydroxylation sites is 1. The molecule has 3 aromatic carbocycles. The molecule has 0 radical (unpaired) electrons. The molecule has 1 N–H and O–H groups in total. The Labute approximate surface area is 182 Å². The number of benzene rings is 3. The Kier molecular flexibility index (Phi) is 6.98. The summed E-state index contributed by atoms with van der Waals surface area (Å²) < 4.78 is 16.6. The Bertz CT molecular complexity index is 1090. The first kappa shape index (κ1) is 22.0. The lowest BCUT2D eigenvalue weighted by Gasteiger charge is -2.14. The van der Waals surface area contributed by atoms with Crippen LogP contribution < -0.4 is 14.2 Å². The van der Waals surface area contributed by atoms with Gasteiger partial charge in [-0.3, -0.25) is 4.79 Å². The molecule has 160 valence electrons. The van der Waals surface area contributed by atoms with E-state index in [0.29, 0.717) is 12.2 Å². The van der Waals surface area contributed by atoms with Crippen LogP contribution in [-0.4, -0.2) is 25.1 Å². The summed E-state index contributed by atoms with van der Waals surface area (Å²) in [6, 6.07) is 16.2. The molecule has 0 unspecified atom stereocenters. The van der Waals surface area contributed by atoms with Crippen molar-refractivity contribution in [1.29, 1.82) is 0 Å². The van der Waals surface area contributed by atoms with Gasteiger partial charge >= 0.3 is 0 Å². The summed E-state index contributed by atoms with van der Waals surface area (Å²) in [6.07, 6.45) is 3.23. The van der Waals surface area contributed by atoms with E-state index in [1.165, 1.54) is 25.3 Å². The highest BCUT2D eigenvalue weighted by Gasteiger charge is 2.10. The predicted molar refractivity (Wildman–Crippen MR) is 121 cm³/mol. The van der Waals surface area contributed by atoms with Gasteiger partial charge in [0.25, 0.3) is 0 Å². The molecule has 0 heterocycles. The highest BCUT2D eigenvalue weighted by molar-refractivity contribution is 6.07. The highest BCUT2D eigenvalue weighted by atomic mass is 16.5. The minimum atomic E-state index is -0.192. The number of hydrogen-bond acceptors (Lipinski definition) is 5. The molecule has 31 heavy (non-hydrogen) atoms. The summed E-state index contributed by atoms with van der Waals surface area (Å²) in [6.45, 7) is 4.38. The van der Waals surface area contributed by atoms with Crippen LogP contribution in [0.2, 0.25) is 0 Å². The fourth-order valence-electron chi connectivity index (χ4n) is 3.29. The number of phenols is 1. The van der Waals surface area contributed by atoms with Gasteiger partial charge in [0.15, 0.2) is 17.3 Å². The van der Waals surface area contributed by atoms with Gasteiger partial charge in [0.2, 0.25) is 0 Å². The minimum absolute atomic E-state index is 0.00767. The Morgan fingerprint density at radius 3 is 2.32 bits per heavy atom. The normalized spacial score (nSPS) is 10.8. The number of rotatable bonds is 8. The Morgan fingerprint density at radius 1 is 0.935 bits per heavy atom. The Balaban J connectivity index is 1.79. The van der Waals surface area contributed by atoms with E-state index in [1.54, 1.807) is 19.3 Å². The van der Waals surface area contributed by atoms with Crippen molar-refractivity contribution in [1.82, 2.24) is 0 Å². The molecule has 0 bridgehead atoms. The Morgan fingerprint density at radius 2 is 1.65 bits per heavy atom. The molecule has 0 aliphatic carbocycles. The quantitative estimate of drug-likeness (QED) is 0.386. The molecular weight excluding hydrogens is 392 g/mol. The van der Waals surface area contributed by atoms with E-state index in [0.717, 1.165) is 33.8 Å². The van der Waals surface area contributed by atoms with Crippen LogP contribution in [0.25, 0.3) is 6.08 Å². The summed E-state index contributed by atoms with van der Waals surface area (Å²) in [4.78, 5) is 12.5. The second kappa shape index (κ2) is 9.85. The standard InChI is InChI=1S/C26H26O5/c1-17-6-5-7-18(2)26(17)31-16-21-14-19(9-13-24(21)29-3)8-11-22(27)20-10-12-23(28)25(15-20)30-4/h5-15,28H,16H2,1-4H3/b11-8+. The zero-order chi connectivity index (χ0) is 22.4. The zero-order valence-corrected chi connectivity index (χ0v) is 18.1. The lowest BCUT2D eigenvalue weighted by atomic mass is 10.1. The van der Waals surface area contributed by atoms with Gasteiger partial charge in [0, 0.05) is 11.1 Å². The maximum atomic E-state index is 12.5. The monoisotopic (exact) mass is 418 g/mol. The third-order valence-corrected chi connectivity index (χ3v) is 4.98. The second-order valence-corrected chi connectivity index (χ2v) is 7.17. The van der Waals surface area contributed by atoms with Crippen molar-refractivity contribution in [2.75, 3.05) is 14.2 Å². The molecule has 5 nitrogen and oxygen atoms in total. The molecule has 0 aromatic heterocycles. The van der Waals surface area contributed by atoms with Crippen molar-refractivity contribution < 1.29 is 24.1 Å². The first-order chi connectivity index (χ1) is 14.9. The van der Waals surface area contributed by atoms with Gasteiger partial charge in [-0.15, -0.1) is 0 Å². The summed E-state index contributed by atoms with van der Waals surface area (Å²) in [7, 11) is 3.06. The van der Waals surface area contributed by atoms with Crippen LogP contribution >= 0.6 is 0 Å². The molecule has 3 rings (SSSR count). The molecule has 0 amide bonds. The number of ketones is 1. The molecule has 3 aromatic rings. The van der Waals surface area contributed by atoms with Crippen molar-refractivity contribution in [3.05, 3.63) is 88.5 Å². The van der Waals surface area contributed by atoms with Crippen molar-refractivity contribution in [3.8, 4) is 23.0 Å². The van der Waals surface area contributed by atoms with E-state index in [1.807, 2.05) is 50.2 Å². The van der Waals surface area contributed by atoms with Crippen LogP contribution in [0.15, 0.2) is 60.7 Å². The van der Waals surface area contributed by atoms with Gasteiger partial charge in [-0.25, -0.2) is 0 Å². The average molecular weight is 418 g/mol. The van der Waals surface area contributed by atoms with Crippen molar-refractivity contribution in [2.24, 2.45) is 0 Å². The number of ether oxygens (including phenoxy) is 3. The number of allylic oxidation sites excluding steroid dienone is 1. The van der Waals surface area contributed by atoms with E-state index in [4.69, 9.17) is 14.2 Å². The van der Waals surface area contributed by atoms with Crippen molar-refractivity contribution >= 4 is 11.9 Å². The summed E-state index contributed by atoms with van der Waals surface area (Å²) in [5.41, 5.74) is 4.30. The van der Waals surface area contributed by atoms with Gasteiger partial charge in [-0.2, -0.15) is 0 Å². The largest absolute Gasteiger partial charge is 0.504 e.